The van der Waals surface area contributed by atoms with Crippen molar-refractivity contribution in [3.8, 4) is 0 Å². The monoisotopic (exact) mass is 295 g/mol. The number of thiocarbonyl (C=S) groups is 1. The lowest BCUT2D eigenvalue weighted by Gasteiger charge is -2.43. The predicted octanol–water partition coefficient (Wildman–Crippen LogP) is 0.243. The molecule has 0 aliphatic carbocycles. The van der Waals surface area contributed by atoms with Gasteiger partial charge in [0.15, 0.2) is 0 Å². The van der Waals surface area contributed by atoms with Crippen LogP contribution in [0, 0.1) is 0 Å². The molecule has 1 saturated heterocycles. The number of amides is 1. The topological polar surface area (TPSA) is 67.4 Å². The summed E-state index contributed by atoms with van der Waals surface area (Å²) in [7, 11) is 1.80. The van der Waals surface area contributed by atoms with Gasteiger partial charge in [0.25, 0.3) is 5.91 Å². The zero-order valence-electron chi connectivity index (χ0n) is 12.2. The Morgan fingerprint density at radius 2 is 1.95 bits per heavy atom. The molecule has 2 N–H and O–H groups in total. The third-order valence-corrected chi connectivity index (χ3v) is 4.39. The maximum Gasteiger partial charge on any atom is 0.274 e. The molecule has 2 heterocycles. The Bertz CT molecular complexity index is 517. The van der Waals surface area contributed by atoms with E-state index in [1.807, 2.05) is 18.7 Å². The minimum absolute atomic E-state index is 0.0154. The molecule has 20 heavy (non-hydrogen) atoms. The van der Waals surface area contributed by atoms with E-state index in [1.54, 1.807) is 24.0 Å². The minimum Gasteiger partial charge on any atom is -0.392 e. The summed E-state index contributed by atoms with van der Waals surface area (Å²) < 4.78 is 1.64. The Hall–Kier alpha value is -1.47. The van der Waals surface area contributed by atoms with Crippen molar-refractivity contribution in [2.24, 2.45) is 12.8 Å². The maximum absolute atomic E-state index is 12.3. The van der Waals surface area contributed by atoms with E-state index in [2.05, 4.69) is 10.00 Å². The Balaban J connectivity index is 1.98. The summed E-state index contributed by atoms with van der Waals surface area (Å²) in [4.78, 5) is 16.8. The number of hydrogen-bond donors (Lipinski definition) is 1. The Labute approximate surface area is 124 Å². The van der Waals surface area contributed by atoms with Crippen molar-refractivity contribution >= 4 is 23.1 Å². The molecule has 0 saturated carbocycles. The fourth-order valence-electron chi connectivity index (χ4n) is 2.32. The van der Waals surface area contributed by atoms with Crippen molar-refractivity contribution in [3.63, 3.8) is 0 Å². The number of rotatable bonds is 3. The molecule has 2 rings (SSSR count). The zero-order chi connectivity index (χ0) is 14.9. The number of aromatic nitrogens is 2. The summed E-state index contributed by atoms with van der Waals surface area (Å²) in [6, 6.07) is 1.74. The average molecular weight is 295 g/mol. The van der Waals surface area contributed by atoms with Gasteiger partial charge in [-0.3, -0.25) is 14.4 Å². The normalized spacial score (nSPS) is 17.2. The second-order valence-electron chi connectivity index (χ2n) is 5.58. The van der Waals surface area contributed by atoms with E-state index >= 15 is 0 Å². The van der Waals surface area contributed by atoms with Crippen LogP contribution < -0.4 is 5.73 Å². The molecule has 0 radical (unpaired) electrons. The molecule has 7 heteroatoms. The molecule has 0 aromatic carbocycles. The van der Waals surface area contributed by atoms with E-state index in [4.69, 9.17) is 18.0 Å². The molecule has 1 aromatic heterocycles. The Kier molecular flexibility index (Phi) is 4.10. The molecular formula is C13H21N5OS. The number of nitrogens with two attached hydrogens (primary N) is 1. The van der Waals surface area contributed by atoms with Gasteiger partial charge in [0.1, 0.15) is 5.69 Å². The highest BCUT2D eigenvalue weighted by molar-refractivity contribution is 7.80. The van der Waals surface area contributed by atoms with Gasteiger partial charge >= 0.3 is 0 Å². The van der Waals surface area contributed by atoms with Gasteiger partial charge in [0, 0.05) is 39.4 Å². The van der Waals surface area contributed by atoms with E-state index in [1.165, 1.54) is 0 Å². The van der Waals surface area contributed by atoms with E-state index in [9.17, 15) is 4.79 Å². The van der Waals surface area contributed by atoms with Gasteiger partial charge in [-0.2, -0.15) is 5.10 Å². The molecule has 1 aliphatic rings. The molecule has 6 nitrogen and oxygen atoms in total. The summed E-state index contributed by atoms with van der Waals surface area (Å²) >= 11 is 5.12. The Morgan fingerprint density at radius 1 is 1.35 bits per heavy atom. The second-order valence-corrected chi connectivity index (χ2v) is 6.02. The summed E-state index contributed by atoms with van der Waals surface area (Å²) in [5.41, 5.74) is 5.97. The smallest absolute Gasteiger partial charge is 0.274 e. The van der Waals surface area contributed by atoms with E-state index in [-0.39, 0.29) is 11.4 Å². The van der Waals surface area contributed by atoms with Crippen molar-refractivity contribution in [1.29, 1.82) is 0 Å². The molecular weight excluding hydrogens is 274 g/mol. The average Bonchev–Trinajstić information content (AvgIpc) is 2.84. The summed E-state index contributed by atoms with van der Waals surface area (Å²) in [6.45, 7) is 6.91. The van der Waals surface area contributed by atoms with Gasteiger partial charge in [-0.05, 0) is 19.9 Å². The van der Waals surface area contributed by atoms with Crippen LogP contribution in [-0.4, -0.2) is 62.2 Å². The molecule has 1 fully saturated rings. The van der Waals surface area contributed by atoms with Gasteiger partial charge in [-0.15, -0.1) is 0 Å². The highest BCUT2D eigenvalue weighted by Gasteiger charge is 2.33. The lowest BCUT2D eigenvalue weighted by atomic mass is 10.0. The van der Waals surface area contributed by atoms with Crippen LogP contribution in [0.4, 0.5) is 0 Å². The lowest BCUT2D eigenvalue weighted by molar-refractivity contribution is 0.0534. The van der Waals surface area contributed by atoms with Crippen molar-refractivity contribution in [3.05, 3.63) is 18.0 Å². The zero-order valence-corrected chi connectivity index (χ0v) is 13.0. The molecule has 1 aromatic rings. The quantitative estimate of drug-likeness (QED) is 0.809. The van der Waals surface area contributed by atoms with E-state index in [0.29, 0.717) is 23.8 Å². The first kappa shape index (κ1) is 14.9. The van der Waals surface area contributed by atoms with Crippen LogP contribution in [-0.2, 0) is 7.05 Å². The summed E-state index contributed by atoms with van der Waals surface area (Å²) in [5.74, 6) is -0.0154. The molecule has 1 aliphatic heterocycles. The van der Waals surface area contributed by atoms with Crippen molar-refractivity contribution in [1.82, 2.24) is 19.6 Å². The first-order chi connectivity index (χ1) is 9.32. The summed E-state index contributed by atoms with van der Waals surface area (Å²) in [6.07, 6.45) is 1.78. The third-order valence-electron chi connectivity index (χ3n) is 3.89. The van der Waals surface area contributed by atoms with Crippen LogP contribution in [0.1, 0.15) is 24.3 Å². The third kappa shape index (κ3) is 2.83. The van der Waals surface area contributed by atoms with Gasteiger partial charge in [-0.25, -0.2) is 0 Å². The van der Waals surface area contributed by atoms with Gasteiger partial charge in [0.2, 0.25) is 0 Å². The lowest BCUT2D eigenvalue weighted by Crippen LogP contribution is -2.59. The van der Waals surface area contributed by atoms with E-state index in [0.717, 1.165) is 13.1 Å². The first-order valence-electron chi connectivity index (χ1n) is 6.66. The van der Waals surface area contributed by atoms with Gasteiger partial charge < -0.3 is 10.6 Å². The van der Waals surface area contributed by atoms with Crippen LogP contribution >= 0.6 is 12.2 Å². The highest BCUT2D eigenvalue weighted by Crippen LogP contribution is 2.18. The van der Waals surface area contributed by atoms with Crippen LogP contribution in [0.2, 0.25) is 0 Å². The first-order valence-corrected chi connectivity index (χ1v) is 7.07. The van der Waals surface area contributed by atoms with Crippen LogP contribution in [0.5, 0.6) is 0 Å². The highest BCUT2D eigenvalue weighted by atomic mass is 32.1. The molecule has 0 bridgehead atoms. The number of aryl methyl sites for hydroxylation is 1. The SMILES string of the molecule is Cn1ccc(C(=O)N2CCN(C(C)(C)C(N)=S)CC2)n1. The summed E-state index contributed by atoms with van der Waals surface area (Å²) in [5, 5.41) is 4.15. The number of nitrogens with zero attached hydrogens (tertiary/aromatic N) is 4. The number of hydrogen-bond acceptors (Lipinski definition) is 4. The predicted molar refractivity (Wildman–Crippen MR) is 81.5 cm³/mol. The molecule has 1 amide bonds. The standard InChI is InChI=1S/C13H21N5OS/c1-13(2,12(14)20)18-8-6-17(7-9-18)11(19)10-4-5-16(3)15-10/h4-5H,6-9H2,1-3H3,(H2,14,20). The number of piperazine rings is 1. The van der Waals surface area contributed by atoms with Crippen LogP contribution in [0.3, 0.4) is 0 Å². The number of carbonyl (C=O) groups is 1. The number of carbonyl (C=O) groups excluding carboxylic acids is 1. The maximum atomic E-state index is 12.3. The molecule has 110 valence electrons. The largest absolute Gasteiger partial charge is 0.392 e. The van der Waals surface area contributed by atoms with E-state index < -0.39 is 0 Å². The Morgan fingerprint density at radius 3 is 2.40 bits per heavy atom. The van der Waals surface area contributed by atoms with Gasteiger partial charge in [-0.1, -0.05) is 12.2 Å². The second kappa shape index (κ2) is 5.49. The molecule has 0 spiro atoms. The van der Waals surface area contributed by atoms with Gasteiger partial charge in [0.05, 0.1) is 10.5 Å². The minimum atomic E-state index is -0.310. The fourth-order valence-corrected chi connectivity index (χ4v) is 2.44. The molecule has 0 atom stereocenters. The van der Waals surface area contributed by atoms with Crippen molar-refractivity contribution in [2.45, 2.75) is 19.4 Å². The fraction of sp³-hybridized carbons (Fsp3) is 0.615. The van der Waals surface area contributed by atoms with Crippen LogP contribution in [0.15, 0.2) is 12.3 Å². The van der Waals surface area contributed by atoms with Crippen molar-refractivity contribution < 1.29 is 4.79 Å². The molecule has 0 unspecified atom stereocenters. The van der Waals surface area contributed by atoms with Crippen molar-refractivity contribution in [2.75, 3.05) is 26.2 Å². The van der Waals surface area contributed by atoms with Crippen LogP contribution in [0.25, 0.3) is 0 Å².